The number of amides is 1. The zero-order valence-corrected chi connectivity index (χ0v) is 14.4. The highest BCUT2D eigenvalue weighted by molar-refractivity contribution is 5.77. The van der Waals surface area contributed by atoms with Gasteiger partial charge in [-0.1, -0.05) is 29.8 Å². The second-order valence-corrected chi connectivity index (χ2v) is 7.26. The zero-order valence-electron chi connectivity index (χ0n) is 14.4. The number of ether oxygens (including phenoxy) is 1. The molecule has 4 heteroatoms. The van der Waals surface area contributed by atoms with Gasteiger partial charge in [-0.05, 0) is 50.3 Å². The number of nitrogens with zero attached hydrogens (tertiary/aromatic N) is 2. The first-order chi connectivity index (χ1) is 11.1. The molecule has 1 amide bonds. The van der Waals surface area contributed by atoms with E-state index in [2.05, 4.69) is 36.1 Å². The third-order valence-electron chi connectivity index (χ3n) is 5.50. The predicted octanol–water partition coefficient (Wildman–Crippen LogP) is 2.46. The lowest BCUT2D eigenvalue weighted by atomic mass is 9.77. The quantitative estimate of drug-likeness (QED) is 0.855. The molecule has 0 aliphatic carbocycles. The van der Waals surface area contributed by atoms with Gasteiger partial charge in [0.05, 0.1) is 0 Å². The molecule has 0 radical (unpaired) electrons. The van der Waals surface area contributed by atoms with Gasteiger partial charge in [0.1, 0.15) is 6.61 Å². The van der Waals surface area contributed by atoms with Crippen LogP contribution in [-0.2, 0) is 16.1 Å². The van der Waals surface area contributed by atoms with E-state index >= 15 is 0 Å². The summed E-state index contributed by atoms with van der Waals surface area (Å²) in [5.41, 5.74) is 3.07. The van der Waals surface area contributed by atoms with E-state index in [1.165, 1.54) is 24.0 Å². The number of rotatable bonds is 4. The molecule has 0 unspecified atom stereocenters. The molecule has 2 fully saturated rings. The molecule has 1 aromatic rings. The maximum absolute atomic E-state index is 12.0. The summed E-state index contributed by atoms with van der Waals surface area (Å²) >= 11 is 0. The van der Waals surface area contributed by atoms with Crippen LogP contribution in [0.25, 0.3) is 0 Å². The van der Waals surface area contributed by atoms with Crippen LogP contribution in [0.3, 0.4) is 0 Å². The first kappa shape index (κ1) is 16.5. The lowest BCUT2D eigenvalue weighted by Crippen LogP contribution is -2.42. The van der Waals surface area contributed by atoms with Gasteiger partial charge in [-0.25, -0.2) is 0 Å². The summed E-state index contributed by atoms with van der Waals surface area (Å²) in [4.78, 5) is 16.5. The average Bonchev–Trinajstić information content (AvgIpc) is 2.96. The highest BCUT2D eigenvalue weighted by Crippen LogP contribution is 2.40. The topological polar surface area (TPSA) is 32.8 Å². The van der Waals surface area contributed by atoms with Crippen LogP contribution in [-0.4, -0.2) is 55.6 Å². The monoisotopic (exact) mass is 316 g/mol. The van der Waals surface area contributed by atoms with E-state index in [-0.39, 0.29) is 12.5 Å². The summed E-state index contributed by atoms with van der Waals surface area (Å²) in [6.07, 6.45) is 3.56. The molecule has 1 spiro atoms. The molecule has 23 heavy (non-hydrogen) atoms. The van der Waals surface area contributed by atoms with Crippen LogP contribution < -0.4 is 0 Å². The Morgan fingerprint density at radius 3 is 2.43 bits per heavy atom. The Kier molecular flexibility index (Phi) is 5.02. The molecule has 1 aromatic carbocycles. The van der Waals surface area contributed by atoms with E-state index in [1.54, 1.807) is 7.11 Å². The first-order valence-electron chi connectivity index (χ1n) is 8.65. The van der Waals surface area contributed by atoms with Crippen molar-refractivity contribution < 1.29 is 9.53 Å². The van der Waals surface area contributed by atoms with Gasteiger partial charge in [0, 0.05) is 26.7 Å². The van der Waals surface area contributed by atoms with Crippen molar-refractivity contribution in [3.8, 4) is 0 Å². The Morgan fingerprint density at radius 1 is 1.13 bits per heavy atom. The van der Waals surface area contributed by atoms with Crippen LogP contribution in [0.15, 0.2) is 24.3 Å². The van der Waals surface area contributed by atoms with Crippen LogP contribution in [0.4, 0.5) is 0 Å². The van der Waals surface area contributed by atoms with Crippen LogP contribution in [0.5, 0.6) is 0 Å². The molecule has 0 bridgehead atoms. The Bertz CT molecular complexity index is 533. The fourth-order valence-electron chi connectivity index (χ4n) is 3.91. The number of methoxy groups -OCH3 is 1. The third-order valence-corrected chi connectivity index (χ3v) is 5.50. The molecular formula is C19H28N2O2. The largest absolute Gasteiger partial charge is 0.375 e. The van der Waals surface area contributed by atoms with E-state index < -0.39 is 0 Å². The normalized spacial score (nSPS) is 21.0. The van der Waals surface area contributed by atoms with Crippen LogP contribution in [0.1, 0.15) is 30.4 Å². The lowest BCUT2D eigenvalue weighted by molar-refractivity contribution is -0.134. The minimum atomic E-state index is 0.145. The van der Waals surface area contributed by atoms with Gasteiger partial charge in [-0.3, -0.25) is 9.69 Å². The van der Waals surface area contributed by atoms with Crippen LogP contribution >= 0.6 is 0 Å². The van der Waals surface area contributed by atoms with Crippen molar-refractivity contribution in [2.45, 2.75) is 32.7 Å². The van der Waals surface area contributed by atoms with Gasteiger partial charge in [-0.15, -0.1) is 0 Å². The summed E-state index contributed by atoms with van der Waals surface area (Å²) in [6, 6.07) is 8.86. The Morgan fingerprint density at radius 2 is 1.78 bits per heavy atom. The molecule has 2 saturated heterocycles. The minimum absolute atomic E-state index is 0.145. The highest BCUT2D eigenvalue weighted by atomic mass is 16.5. The molecule has 0 atom stereocenters. The fourth-order valence-corrected chi connectivity index (χ4v) is 3.91. The number of carbonyl (C=O) groups excluding carboxylic acids is 1. The number of hydrogen-bond donors (Lipinski definition) is 0. The number of benzene rings is 1. The van der Waals surface area contributed by atoms with Crippen molar-refractivity contribution in [2.24, 2.45) is 5.41 Å². The smallest absolute Gasteiger partial charge is 0.248 e. The van der Waals surface area contributed by atoms with Crippen molar-refractivity contribution in [3.63, 3.8) is 0 Å². The van der Waals surface area contributed by atoms with E-state index in [9.17, 15) is 4.79 Å². The molecule has 2 heterocycles. The second-order valence-electron chi connectivity index (χ2n) is 7.26. The zero-order chi connectivity index (χ0) is 16.3. The number of aryl methyl sites for hydroxylation is 1. The maximum atomic E-state index is 12.0. The molecule has 0 aromatic heterocycles. The maximum Gasteiger partial charge on any atom is 0.248 e. The minimum Gasteiger partial charge on any atom is -0.375 e. The summed E-state index contributed by atoms with van der Waals surface area (Å²) in [7, 11) is 1.59. The number of piperidine rings is 1. The summed E-state index contributed by atoms with van der Waals surface area (Å²) in [5, 5.41) is 0. The Labute approximate surface area is 139 Å². The molecule has 0 N–H and O–H groups in total. The molecule has 4 nitrogen and oxygen atoms in total. The van der Waals surface area contributed by atoms with E-state index in [0.29, 0.717) is 5.41 Å². The van der Waals surface area contributed by atoms with Crippen molar-refractivity contribution in [3.05, 3.63) is 35.4 Å². The van der Waals surface area contributed by atoms with Crippen molar-refractivity contribution in [1.82, 2.24) is 9.80 Å². The van der Waals surface area contributed by atoms with Gasteiger partial charge in [0.15, 0.2) is 0 Å². The summed E-state index contributed by atoms with van der Waals surface area (Å²) in [5.74, 6) is 0.145. The van der Waals surface area contributed by atoms with Crippen molar-refractivity contribution in [1.29, 1.82) is 0 Å². The number of likely N-dealkylation sites (tertiary alicyclic amines) is 2. The van der Waals surface area contributed by atoms with Gasteiger partial charge in [0.2, 0.25) is 5.91 Å². The van der Waals surface area contributed by atoms with Gasteiger partial charge in [-0.2, -0.15) is 0 Å². The van der Waals surface area contributed by atoms with Crippen molar-refractivity contribution >= 4 is 5.91 Å². The fraction of sp³-hybridized carbons (Fsp3) is 0.632. The molecule has 0 saturated carbocycles. The van der Waals surface area contributed by atoms with Crippen molar-refractivity contribution in [2.75, 3.05) is 39.9 Å². The van der Waals surface area contributed by atoms with Gasteiger partial charge < -0.3 is 9.64 Å². The Hall–Kier alpha value is -1.39. The molecule has 2 aliphatic heterocycles. The Balaban J connectivity index is 1.50. The number of hydrogen-bond acceptors (Lipinski definition) is 3. The average molecular weight is 316 g/mol. The number of carbonyl (C=O) groups is 1. The lowest BCUT2D eigenvalue weighted by Gasteiger charge is -2.39. The molecular weight excluding hydrogens is 288 g/mol. The molecule has 3 rings (SSSR count). The van der Waals surface area contributed by atoms with E-state index in [4.69, 9.17) is 4.74 Å². The van der Waals surface area contributed by atoms with Crippen LogP contribution in [0.2, 0.25) is 0 Å². The standard InChI is InChI=1S/C19H28N2O2/c1-16-3-5-17(6-4-16)13-20-10-7-19(8-11-20)9-12-21(15-19)18(22)14-23-2/h3-6H,7-15H2,1-2H3. The van der Waals surface area contributed by atoms with E-state index in [0.717, 1.165) is 39.1 Å². The van der Waals surface area contributed by atoms with E-state index in [1.807, 2.05) is 4.90 Å². The highest BCUT2D eigenvalue weighted by Gasteiger charge is 2.41. The molecule has 2 aliphatic rings. The van der Waals surface area contributed by atoms with Gasteiger partial charge >= 0.3 is 0 Å². The third kappa shape index (κ3) is 3.93. The second kappa shape index (κ2) is 7.02. The molecule has 126 valence electrons. The summed E-state index contributed by atoms with van der Waals surface area (Å²) < 4.78 is 4.98. The first-order valence-corrected chi connectivity index (χ1v) is 8.65. The van der Waals surface area contributed by atoms with Gasteiger partial charge in [0.25, 0.3) is 0 Å². The summed E-state index contributed by atoms with van der Waals surface area (Å²) in [6.45, 7) is 7.50. The van der Waals surface area contributed by atoms with Crippen LogP contribution in [0, 0.1) is 12.3 Å². The predicted molar refractivity (Wildman–Crippen MR) is 91.2 cm³/mol. The SMILES string of the molecule is COCC(=O)N1CCC2(CCN(Cc3ccc(C)cc3)CC2)C1.